The molecule has 4 heteroatoms. The minimum atomic E-state index is 0.615. The molecule has 21 heavy (non-hydrogen) atoms. The molecule has 1 heterocycles. The number of nitrogens with zero attached hydrogens (tertiary/aromatic N) is 2. The van der Waals surface area contributed by atoms with Crippen LogP contribution in [0.4, 0.5) is 0 Å². The molecule has 4 nitrogen and oxygen atoms in total. The van der Waals surface area contributed by atoms with Gasteiger partial charge in [-0.1, -0.05) is 48.8 Å². The van der Waals surface area contributed by atoms with Crippen LogP contribution >= 0.6 is 0 Å². The van der Waals surface area contributed by atoms with Crippen LogP contribution in [0, 0.1) is 18.8 Å². The van der Waals surface area contributed by atoms with Gasteiger partial charge in [0, 0.05) is 12.0 Å². The third-order valence-corrected chi connectivity index (χ3v) is 3.99. The second-order valence-corrected chi connectivity index (χ2v) is 6.00. The molecule has 0 saturated heterocycles. The molecule has 0 fully saturated rings. The second-order valence-electron chi connectivity index (χ2n) is 6.00. The normalized spacial score (nSPS) is 12.8. The fraction of sp³-hybridized carbons (Fsp3) is 0.529. The molecule has 0 bridgehead atoms. The summed E-state index contributed by atoms with van der Waals surface area (Å²) in [4.78, 5) is 4.49. The standard InChI is InChI=1S/C17H25N3O/c1-12(2)14(10-11-18)8-9-16-19-17(20-21-16)15-6-4-13(3)5-7-15/h4-7,12,14H,8-11,18H2,1-3H3. The Labute approximate surface area is 126 Å². The molecule has 114 valence electrons. The Balaban J connectivity index is 1.98. The summed E-state index contributed by atoms with van der Waals surface area (Å²) in [6.45, 7) is 7.29. The van der Waals surface area contributed by atoms with Crippen LogP contribution in [0.3, 0.4) is 0 Å². The Morgan fingerprint density at radius 3 is 2.48 bits per heavy atom. The number of benzene rings is 1. The third kappa shape index (κ3) is 4.39. The van der Waals surface area contributed by atoms with Crippen LogP contribution in [0.2, 0.25) is 0 Å². The molecular weight excluding hydrogens is 262 g/mol. The van der Waals surface area contributed by atoms with Gasteiger partial charge in [-0.05, 0) is 38.1 Å². The largest absolute Gasteiger partial charge is 0.339 e. The highest BCUT2D eigenvalue weighted by Gasteiger charge is 2.15. The van der Waals surface area contributed by atoms with Crippen LogP contribution in [0.5, 0.6) is 0 Å². The maximum Gasteiger partial charge on any atom is 0.226 e. The average Bonchev–Trinajstić information content (AvgIpc) is 2.92. The van der Waals surface area contributed by atoms with Crippen molar-refractivity contribution in [2.45, 2.75) is 40.0 Å². The van der Waals surface area contributed by atoms with Crippen molar-refractivity contribution in [3.63, 3.8) is 0 Å². The van der Waals surface area contributed by atoms with Crippen molar-refractivity contribution < 1.29 is 4.52 Å². The van der Waals surface area contributed by atoms with Crippen molar-refractivity contribution in [2.75, 3.05) is 6.54 Å². The van der Waals surface area contributed by atoms with Gasteiger partial charge in [-0.2, -0.15) is 4.98 Å². The summed E-state index contributed by atoms with van der Waals surface area (Å²) in [6.07, 6.45) is 2.92. The summed E-state index contributed by atoms with van der Waals surface area (Å²) in [5.74, 6) is 2.64. The highest BCUT2D eigenvalue weighted by molar-refractivity contribution is 5.54. The molecule has 1 atom stereocenters. The van der Waals surface area contributed by atoms with Gasteiger partial charge in [-0.3, -0.25) is 0 Å². The lowest BCUT2D eigenvalue weighted by Gasteiger charge is -2.18. The van der Waals surface area contributed by atoms with E-state index in [1.54, 1.807) is 0 Å². The predicted molar refractivity (Wildman–Crippen MR) is 84.8 cm³/mol. The van der Waals surface area contributed by atoms with Crippen molar-refractivity contribution in [1.29, 1.82) is 0 Å². The van der Waals surface area contributed by atoms with Crippen LogP contribution in [-0.4, -0.2) is 16.7 Å². The summed E-state index contributed by atoms with van der Waals surface area (Å²) in [5.41, 5.74) is 7.90. The molecule has 0 radical (unpaired) electrons. The molecule has 1 aromatic heterocycles. The van der Waals surface area contributed by atoms with E-state index in [2.05, 4.69) is 43.0 Å². The number of nitrogens with two attached hydrogens (primary N) is 1. The number of aryl methyl sites for hydroxylation is 2. The van der Waals surface area contributed by atoms with Gasteiger partial charge in [0.05, 0.1) is 0 Å². The summed E-state index contributed by atoms with van der Waals surface area (Å²) in [7, 11) is 0. The van der Waals surface area contributed by atoms with E-state index in [1.807, 2.05) is 12.1 Å². The Bertz CT molecular complexity index is 545. The van der Waals surface area contributed by atoms with Gasteiger partial charge in [0.2, 0.25) is 11.7 Å². The smallest absolute Gasteiger partial charge is 0.226 e. The molecule has 0 saturated carbocycles. The molecule has 1 unspecified atom stereocenters. The molecule has 0 aliphatic carbocycles. The first-order valence-electron chi connectivity index (χ1n) is 7.70. The molecule has 1 aromatic carbocycles. The zero-order chi connectivity index (χ0) is 15.2. The topological polar surface area (TPSA) is 64.9 Å². The van der Waals surface area contributed by atoms with E-state index in [0.29, 0.717) is 23.6 Å². The van der Waals surface area contributed by atoms with E-state index in [9.17, 15) is 0 Å². The Morgan fingerprint density at radius 2 is 1.86 bits per heavy atom. The van der Waals surface area contributed by atoms with Crippen molar-refractivity contribution in [3.8, 4) is 11.4 Å². The van der Waals surface area contributed by atoms with E-state index in [1.165, 1.54) is 5.56 Å². The zero-order valence-electron chi connectivity index (χ0n) is 13.2. The monoisotopic (exact) mass is 287 g/mol. The molecular formula is C17H25N3O. The van der Waals surface area contributed by atoms with Crippen LogP contribution in [0.1, 0.15) is 38.1 Å². The van der Waals surface area contributed by atoms with Crippen LogP contribution < -0.4 is 5.73 Å². The Hall–Kier alpha value is -1.68. The number of aromatic nitrogens is 2. The Morgan fingerprint density at radius 1 is 1.14 bits per heavy atom. The summed E-state index contributed by atoms with van der Waals surface area (Å²) >= 11 is 0. The van der Waals surface area contributed by atoms with E-state index >= 15 is 0 Å². The summed E-state index contributed by atoms with van der Waals surface area (Å²) in [6, 6.07) is 8.16. The summed E-state index contributed by atoms with van der Waals surface area (Å²) < 4.78 is 5.37. The first kappa shape index (κ1) is 15.7. The quantitative estimate of drug-likeness (QED) is 0.845. The van der Waals surface area contributed by atoms with Gasteiger partial charge in [-0.25, -0.2) is 0 Å². The number of rotatable bonds is 7. The van der Waals surface area contributed by atoms with Gasteiger partial charge in [0.25, 0.3) is 0 Å². The fourth-order valence-electron chi connectivity index (χ4n) is 2.51. The minimum absolute atomic E-state index is 0.615. The average molecular weight is 287 g/mol. The number of hydrogen-bond acceptors (Lipinski definition) is 4. The van der Waals surface area contributed by atoms with Gasteiger partial charge in [-0.15, -0.1) is 0 Å². The lowest BCUT2D eigenvalue weighted by molar-refractivity contribution is 0.313. The van der Waals surface area contributed by atoms with Crippen LogP contribution in [-0.2, 0) is 6.42 Å². The lowest BCUT2D eigenvalue weighted by atomic mass is 9.88. The first-order chi connectivity index (χ1) is 10.1. The van der Waals surface area contributed by atoms with Crippen molar-refractivity contribution >= 4 is 0 Å². The maximum atomic E-state index is 5.68. The third-order valence-electron chi connectivity index (χ3n) is 3.99. The van der Waals surface area contributed by atoms with Crippen molar-refractivity contribution in [2.24, 2.45) is 17.6 Å². The second kappa shape index (κ2) is 7.36. The molecule has 0 spiro atoms. The molecule has 0 aliphatic rings. The highest BCUT2D eigenvalue weighted by Crippen LogP contribution is 2.22. The van der Waals surface area contributed by atoms with E-state index in [-0.39, 0.29) is 0 Å². The maximum absolute atomic E-state index is 5.68. The van der Waals surface area contributed by atoms with E-state index < -0.39 is 0 Å². The molecule has 0 amide bonds. The molecule has 2 aromatic rings. The van der Waals surface area contributed by atoms with Crippen molar-refractivity contribution in [3.05, 3.63) is 35.7 Å². The van der Waals surface area contributed by atoms with Crippen molar-refractivity contribution in [1.82, 2.24) is 10.1 Å². The molecule has 2 N–H and O–H groups in total. The van der Waals surface area contributed by atoms with Gasteiger partial charge < -0.3 is 10.3 Å². The minimum Gasteiger partial charge on any atom is -0.339 e. The van der Waals surface area contributed by atoms with Crippen LogP contribution in [0.15, 0.2) is 28.8 Å². The van der Waals surface area contributed by atoms with Crippen LogP contribution in [0.25, 0.3) is 11.4 Å². The van der Waals surface area contributed by atoms with E-state index in [0.717, 1.165) is 31.4 Å². The molecule has 2 rings (SSSR count). The first-order valence-corrected chi connectivity index (χ1v) is 7.70. The molecule has 0 aliphatic heterocycles. The van der Waals surface area contributed by atoms with Gasteiger partial charge in [0.1, 0.15) is 0 Å². The lowest BCUT2D eigenvalue weighted by Crippen LogP contribution is -2.15. The zero-order valence-corrected chi connectivity index (χ0v) is 13.2. The fourth-order valence-corrected chi connectivity index (χ4v) is 2.51. The SMILES string of the molecule is Cc1ccc(-c2noc(CCC(CCN)C(C)C)n2)cc1. The van der Waals surface area contributed by atoms with E-state index in [4.69, 9.17) is 10.3 Å². The number of hydrogen-bond donors (Lipinski definition) is 1. The van der Waals surface area contributed by atoms with Gasteiger partial charge >= 0.3 is 0 Å². The van der Waals surface area contributed by atoms with Gasteiger partial charge in [0.15, 0.2) is 0 Å². The summed E-state index contributed by atoms with van der Waals surface area (Å²) in [5, 5.41) is 4.07. The highest BCUT2D eigenvalue weighted by atomic mass is 16.5. The predicted octanol–water partition coefficient (Wildman–Crippen LogP) is 3.60. The Kier molecular flexibility index (Phi) is 5.51.